The van der Waals surface area contributed by atoms with E-state index in [1.54, 1.807) is 18.3 Å². The lowest BCUT2D eigenvalue weighted by Crippen LogP contribution is -2.29. The second-order valence-corrected chi connectivity index (χ2v) is 7.59. The van der Waals surface area contributed by atoms with Gasteiger partial charge in [-0.25, -0.2) is 8.42 Å². The Kier molecular flexibility index (Phi) is 5.48. The zero-order chi connectivity index (χ0) is 16.0. The van der Waals surface area contributed by atoms with Crippen LogP contribution in [0.4, 0.5) is 5.69 Å². The molecular formula is C14H19N3O4S. The molecule has 1 fully saturated rings. The summed E-state index contributed by atoms with van der Waals surface area (Å²) in [5.74, 6) is -0.275. The molecule has 0 aliphatic carbocycles. The van der Waals surface area contributed by atoms with Crippen LogP contribution >= 0.6 is 0 Å². The topological polar surface area (TPSA) is 105 Å². The van der Waals surface area contributed by atoms with E-state index in [4.69, 9.17) is 0 Å². The zero-order valence-corrected chi connectivity index (χ0v) is 12.9. The number of aromatic nitrogens is 1. The summed E-state index contributed by atoms with van der Waals surface area (Å²) in [6.45, 7) is 0.227. The van der Waals surface area contributed by atoms with Gasteiger partial charge in [0.15, 0.2) is 9.84 Å². The number of carbonyl (C=O) groups is 2. The fraction of sp³-hybridized carbons (Fsp3) is 0.500. The molecule has 22 heavy (non-hydrogen) atoms. The molecule has 1 atom stereocenters. The van der Waals surface area contributed by atoms with Gasteiger partial charge in [0.2, 0.25) is 11.8 Å². The number of amides is 2. The van der Waals surface area contributed by atoms with Crippen LogP contribution < -0.4 is 10.6 Å². The van der Waals surface area contributed by atoms with Crippen molar-refractivity contribution in [1.82, 2.24) is 10.3 Å². The molecular weight excluding hydrogens is 306 g/mol. The molecule has 2 N–H and O–H groups in total. The highest BCUT2D eigenvalue weighted by molar-refractivity contribution is 7.91. The van der Waals surface area contributed by atoms with Gasteiger partial charge in [0.25, 0.3) is 0 Å². The quantitative estimate of drug-likeness (QED) is 0.785. The first-order chi connectivity index (χ1) is 10.4. The van der Waals surface area contributed by atoms with Gasteiger partial charge in [-0.05, 0) is 24.5 Å². The predicted octanol–water partition coefficient (Wildman–Crippen LogP) is 0.351. The first-order valence-electron chi connectivity index (χ1n) is 7.11. The average molecular weight is 325 g/mol. The van der Waals surface area contributed by atoms with E-state index in [2.05, 4.69) is 15.6 Å². The lowest BCUT2D eigenvalue weighted by molar-refractivity contribution is -0.122. The van der Waals surface area contributed by atoms with Gasteiger partial charge in [-0.15, -0.1) is 0 Å². The van der Waals surface area contributed by atoms with Crippen LogP contribution in [0.15, 0.2) is 24.5 Å². The first kappa shape index (κ1) is 16.4. The van der Waals surface area contributed by atoms with Gasteiger partial charge in [-0.2, -0.15) is 0 Å². The maximum atomic E-state index is 11.7. The highest BCUT2D eigenvalue weighted by Gasteiger charge is 2.29. The van der Waals surface area contributed by atoms with Gasteiger partial charge in [0.05, 0.1) is 23.4 Å². The number of sulfone groups is 1. The molecule has 0 aromatic carbocycles. The molecule has 0 spiro atoms. The van der Waals surface area contributed by atoms with E-state index in [1.807, 2.05) is 0 Å². The maximum absolute atomic E-state index is 11.7. The first-order valence-corrected chi connectivity index (χ1v) is 8.94. The van der Waals surface area contributed by atoms with Crippen LogP contribution in [0.3, 0.4) is 0 Å². The third-order valence-electron chi connectivity index (χ3n) is 3.42. The van der Waals surface area contributed by atoms with Gasteiger partial charge >= 0.3 is 0 Å². The summed E-state index contributed by atoms with van der Waals surface area (Å²) in [6.07, 6.45) is 4.04. The number of carbonyl (C=O) groups excluding carboxylic acids is 2. The van der Waals surface area contributed by atoms with Crippen molar-refractivity contribution in [3.8, 4) is 0 Å². The molecule has 0 saturated carbocycles. The van der Waals surface area contributed by atoms with Gasteiger partial charge in [0, 0.05) is 25.6 Å². The van der Waals surface area contributed by atoms with Crippen LogP contribution in [0.5, 0.6) is 0 Å². The zero-order valence-electron chi connectivity index (χ0n) is 12.1. The Balaban J connectivity index is 1.64. The largest absolute Gasteiger partial charge is 0.356 e. The highest BCUT2D eigenvalue weighted by atomic mass is 32.2. The van der Waals surface area contributed by atoms with Crippen molar-refractivity contribution < 1.29 is 18.0 Å². The van der Waals surface area contributed by atoms with Crippen LogP contribution in [0.1, 0.15) is 19.3 Å². The van der Waals surface area contributed by atoms with Crippen molar-refractivity contribution >= 4 is 27.3 Å². The average Bonchev–Trinajstić information content (AvgIpc) is 2.79. The molecule has 2 rings (SSSR count). The minimum Gasteiger partial charge on any atom is -0.356 e. The van der Waals surface area contributed by atoms with E-state index in [1.165, 1.54) is 6.20 Å². The van der Waals surface area contributed by atoms with Crippen LogP contribution in [-0.4, -0.2) is 43.3 Å². The maximum Gasteiger partial charge on any atom is 0.226 e. The molecule has 1 aliphatic heterocycles. The molecule has 2 heterocycles. The van der Waals surface area contributed by atoms with E-state index >= 15 is 0 Å². The third kappa shape index (κ3) is 5.44. The second-order valence-electron chi connectivity index (χ2n) is 5.36. The Morgan fingerprint density at radius 2 is 2.14 bits per heavy atom. The summed E-state index contributed by atoms with van der Waals surface area (Å²) in [5.41, 5.74) is 0.606. The molecule has 0 radical (unpaired) electrons. The van der Waals surface area contributed by atoms with Crippen molar-refractivity contribution in [2.24, 2.45) is 5.92 Å². The minimum atomic E-state index is -2.96. The van der Waals surface area contributed by atoms with Crippen LogP contribution in [0.25, 0.3) is 0 Å². The van der Waals surface area contributed by atoms with E-state index in [9.17, 15) is 18.0 Å². The van der Waals surface area contributed by atoms with E-state index in [0.29, 0.717) is 12.1 Å². The summed E-state index contributed by atoms with van der Waals surface area (Å²) < 4.78 is 22.6. The van der Waals surface area contributed by atoms with E-state index in [0.717, 1.165) is 0 Å². The summed E-state index contributed by atoms with van der Waals surface area (Å²) in [5, 5.41) is 5.31. The Hall–Kier alpha value is -1.96. The Bertz CT molecular complexity index is 631. The molecule has 2 amide bonds. The number of nitrogens with one attached hydrogen (secondary N) is 2. The molecule has 8 heteroatoms. The van der Waals surface area contributed by atoms with Crippen LogP contribution in [-0.2, 0) is 19.4 Å². The fourth-order valence-electron chi connectivity index (χ4n) is 2.34. The molecule has 1 aromatic heterocycles. The number of rotatable bonds is 6. The SMILES string of the molecule is O=C(CC1CCS(=O)(=O)C1)NCCC(=O)Nc1cccnc1. The minimum absolute atomic E-state index is 0.0852. The third-order valence-corrected chi connectivity index (χ3v) is 5.26. The predicted molar refractivity (Wildman–Crippen MR) is 81.9 cm³/mol. The van der Waals surface area contributed by atoms with Gasteiger partial charge in [-0.3, -0.25) is 14.6 Å². The van der Waals surface area contributed by atoms with Gasteiger partial charge in [-0.1, -0.05) is 0 Å². The van der Waals surface area contributed by atoms with Crippen molar-refractivity contribution in [2.45, 2.75) is 19.3 Å². The van der Waals surface area contributed by atoms with Crippen LogP contribution in [0, 0.1) is 5.92 Å². The van der Waals surface area contributed by atoms with E-state index in [-0.39, 0.29) is 48.6 Å². The number of anilines is 1. The van der Waals surface area contributed by atoms with Gasteiger partial charge in [0.1, 0.15) is 0 Å². The van der Waals surface area contributed by atoms with Crippen molar-refractivity contribution in [2.75, 3.05) is 23.4 Å². The Morgan fingerprint density at radius 1 is 1.32 bits per heavy atom. The van der Waals surface area contributed by atoms with Crippen molar-refractivity contribution in [1.29, 1.82) is 0 Å². The molecule has 1 unspecified atom stereocenters. The molecule has 1 aliphatic rings. The summed E-state index contributed by atoms with van der Waals surface area (Å²) in [6, 6.07) is 3.44. The molecule has 120 valence electrons. The van der Waals surface area contributed by atoms with Crippen molar-refractivity contribution in [3.63, 3.8) is 0 Å². The molecule has 1 aromatic rings. The smallest absolute Gasteiger partial charge is 0.226 e. The highest BCUT2D eigenvalue weighted by Crippen LogP contribution is 2.21. The Labute approximate surface area is 129 Å². The van der Waals surface area contributed by atoms with Crippen LogP contribution in [0.2, 0.25) is 0 Å². The molecule has 1 saturated heterocycles. The monoisotopic (exact) mass is 325 g/mol. The second kappa shape index (κ2) is 7.35. The number of hydrogen-bond donors (Lipinski definition) is 2. The standard InChI is InChI=1S/C14H19N3O4S/c18-13(17-12-2-1-5-15-9-12)3-6-16-14(19)8-11-4-7-22(20,21)10-11/h1-2,5,9,11H,3-4,6-8,10H2,(H,16,19)(H,17,18). The summed E-state index contributed by atoms with van der Waals surface area (Å²) in [7, 11) is -2.96. The molecule has 7 nitrogen and oxygen atoms in total. The number of hydrogen-bond acceptors (Lipinski definition) is 5. The van der Waals surface area contributed by atoms with Gasteiger partial charge < -0.3 is 10.6 Å². The number of nitrogens with zero attached hydrogens (tertiary/aromatic N) is 1. The van der Waals surface area contributed by atoms with Crippen molar-refractivity contribution in [3.05, 3.63) is 24.5 Å². The summed E-state index contributed by atoms with van der Waals surface area (Å²) >= 11 is 0. The summed E-state index contributed by atoms with van der Waals surface area (Å²) in [4.78, 5) is 27.2. The lowest BCUT2D eigenvalue weighted by atomic mass is 10.1. The Morgan fingerprint density at radius 3 is 2.77 bits per heavy atom. The number of pyridine rings is 1. The van der Waals surface area contributed by atoms with E-state index < -0.39 is 9.84 Å². The normalized spacial score (nSPS) is 19.5. The fourth-order valence-corrected chi connectivity index (χ4v) is 4.20. The lowest BCUT2D eigenvalue weighted by Gasteiger charge is -2.09. The molecule has 0 bridgehead atoms.